The molecule has 0 radical (unpaired) electrons. The van der Waals surface area contributed by atoms with E-state index in [4.69, 9.17) is 0 Å². The molecule has 0 rings (SSSR count). The monoisotopic (exact) mass is 847 g/mol. The lowest BCUT2D eigenvalue weighted by molar-refractivity contribution is 0.140. The summed E-state index contributed by atoms with van der Waals surface area (Å²) >= 11 is 0. The maximum Gasteiger partial charge on any atom is -0.0295 e. The fraction of sp³-hybridized carbons (Fsp3) is 1.00. The summed E-state index contributed by atoms with van der Waals surface area (Å²) in [5, 5.41) is 0. The Morgan fingerprint density at radius 3 is 0.333 bits per heavy atom. The normalized spacial score (nSPS) is 13.2. The standard InChI is InChI=1S/3C20H42/c3*1-16(2)9-12-20(15-19(7)8,13-10-17(3)4)14-11-18(5)6/h3*16-19H,9-15H2,1-8H3. The van der Waals surface area contributed by atoms with Crippen molar-refractivity contribution >= 4 is 0 Å². The lowest BCUT2D eigenvalue weighted by Gasteiger charge is -2.38. The molecule has 0 heteroatoms. The van der Waals surface area contributed by atoms with Gasteiger partial charge < -0.3 is 0 Å². The van der Waals surface area contributed by atoms with Gasteiger partial charge in [-0.25, -0.2) is 0 Å². The van der Waals surface area contributed by atoms with E-state index in [0.29, 0.717) is 16.2 Å². The molecule has 0 aliphatic heterocycles. The molecule has 0 aliphatic carbocycles. The average Bonchev–Trinajstić information content (AvgIpc) is 3.09. The van der Waals surface area contributed by atoms with Crippen molar-refractivity contribution in [3.63, 3.8) is 0 Å². The van der Waals surface area contributed by atoms with Crippen molar-refractivity contribution in [3.05, 3.63) is 0 Å². The minimum Gasteiger partial charge on any atom is -0.0628 e. The first kappa shape index (κ1) is 64.3. The predicted octanol–water partition coefficient (Wildman–Crippen LogP) is 22.0. The molecule has 0 atom stereocenters. The Morgan fingerprint density at radius 2 is 0.267 bits per heavy atom. The predicted molar refractivity (Wildman–Crippen MR) is 282 cm³/mol. The lowest BCUT2D eigenvalue weighted by Crippen LogP contribution is -2.25. The Hall–Kier alpha value is 0. The van der Waals surface area contributed by atoms with Crippen molar-refractivity contribution in [2.75, 3.05) is 0 Å². The number of hydrogen-bond donors (Lipinski definition) is 0. The van der Waals surface area contributed by atoms with Crippen LogP contribution in [0, 0.1) is 87.3 Å². The highest BCUT2D eigenvalue weighted by atomic mass is 14.4. The smallest absolute Gasteiger partial charge is 0.0295 e. The molecule has 366 valence electrons. The molecule has 0 aromatic rings. The van der Waals surface area contributed by atoms with Crippen LogP contribution in [0.15, 0.2) is 0 Å². The van der Waals surface area contributed by atoms with Gasteiger partial charge >= 0.3 is 0 Å². The van der Waals surface area contributed by atoms with Crippen LogP contribution in [-0.4, -0.2) is 0 Å². The summed E-state index contributed by atoms with van der Waals surface area (Å²) in [6, 6.07) is 0. The Bertz CT molecular complexity index is 692. The van der Waals surface area contributed by atoms with Gasteiger partial charge in [-0.05, 0) is 164 Å². The molecular formula is C60H126. The van der Waals surface area contributed by atoms with E-state index in [-0.39, 0.29) is 0 Å². The van der Waals surface area contributed by atoms with Crippen LogP contribution in [0.2, 0.25) is 0 Å². The largest absolute Gasteiger partial charge is 0.0628 e. The first-order valence-electron chi connectivity index (χ1n) is 27.5. The summed E-state index contributed by atoms with van der Waals surface area (Å²) in [5.74, 6) is 10.1. The van der Waals surface area contributed by atoms with Crippen LogP contribution < -0.4 is 0 Å². The van der Waals surface area contributed by atoms with Gasteiger partial charge in [0.05, 0.1) is 0 Å². The summed E-state index contributed by atoms with van der Waals surface area (Å²) in [7, 11) is 0. The summed E-state index contributed by atoms with van der Waals surface area (Å²) in [4.78, 5) is 0. The Morgan fingerprint density at radius 1 is 0.167 bits per heavy atom. The van der Waals surface area contributed by atoms with Crippen LogP contribution in [0.3, 0.4) is 0 Å². The molecule has 0 fully saturated rings. The van der Waals surface area contributed by atoms with Crippen molar-refractivity contribution in [2.45, 2.75) is 301 Å². The van der Waals surface area contributed by atoms with E-state index in [1.54, 1.807) is 0 Å². The van der Waals surface area contributed by atoms with Crippen molar-refractivity contribution in [1.29, 1.82) is 0 Å². The maximum absolute atomic E-state index is 2.41. The minimum absolute atomic E-state index is 0.618. The highest BCUT2D eigenvalue weighted by Gasteiger charge is 2.33. The van der Waals surface area contributed by atoms with E-state index < -0.39 is 0 Å². The van der Waals surface area contributed by atoms with Gasteiger partial charge in [-0.1, -0.05) is 224 Å². The zero-order chi connectivity index (χ0) is 47.3. The van der Waals surface area contributed by atoms with Gasteiger partial charge in [-0.2, -0.15) is 0 Å². The second-order valence-electron chi connectivity index (χ2n) is 26.7. The molecule has 0 aromatic carbocycles. The lowest BCUT2D eigenvalue weighted by atomic mass is 9.68. The van der Waals surface area contributed by atoms with Crippen molar-refractivity contribution in [2.24, 2.45) is 87.3 Å². The van der Waals surface area contributed by atoms with Crippen LogP contribution in [0.1, 0.15) is 301 Å². The molecule has 0 nitrogen and oxygen atoms in total. The minimum atomic E-state index is 0.618. The van der Waals surface area contributed by atoms with E-state index in [2.05, 4.69) is 166 Å². The van der Waals surface area contributed by atoms with Gasteiger partial charge in [0.25, 0.3) is 0 Å². The van der Waals surface area contributed by atoms with E-state index in [1.165, 1.54) is 135 Å². The average molecular weight is 848 g/mol. The summed E-state index contributed by atoms with van der Waals surface area (Å²) < 4.78 is 0. The van der Waals surface area contributed by atoms with Gasteiger partial charge in [0.2, 0.25) is 0 Å². The SMILES string of the molecule is CC(C)CCC(CCC(C)C)(CCC(C)C)CC(C)C.CC(C)CCC(CCC(C)C)(CCC(C)C)CC(C)C.CC(C)CCC(CCC(C)C)(CCC(C)C)CC(C)C. The zero-order valence-corrected chi connectivity index (χ0v) is 47.3. The number of rotatable bonds is 33. The second-order valence-corrected chi connectivity index (χ2v) is 26.7. The molecule has 0 aromatic heterocycles. The fourth-order valence-corrected chi connectivity index (χ4v) is 10.00. The van der Waals surface area contributed by atoms with Crippen LogP contribution in [0.5, 0.6) is 0 Å². The molecule has 0 aliphatic rings. The molecule has 60 heavy (non-hydrogen) atoms. The van der Waals surface area contributed by atoms with Crippen molar-refractivity contribution < 1.29 is 0 Å². The van der Waals surface area contributed by atoms with Crippen molar-refractivity contribution in [1.82, 2.24) is 0 Å². The van der Waals surface area contributed by atoms with Gasteiger partial charge in [-0.15, -0.1) is 0 Å². The van der Waals surface area contributed by atoms with Crippen LogP contribution in [0.25, 0.3) is 0 Å². The number of hydrogen-bond acceptors (Lipinski definition) is 0. The molecular weight excluding hydrogens is 721 g/mol. The molecule has 0 saturated heterocycles. The molecule has 0 heterocycles. The highest BCUT2D eigenvalue weighted by molar-refractivity contribution is 4.85. The third kappa shape index (κ3) is 39.6. The summed E-state index contributed by atoms with van der Waals surface area (Å²) in [6.45, 7) is 57.3. The second kappa shape index (κ2) is 35.3. The Labute approximate surface area is 386 Å². The molecule has 0 bridgehead atoms. The first-order chi connectivity index (χ1) is 27.5. The fourth-order valence-electron chi connectivity index (χ4n) is 10.00. The molecule has 0 N–H and O–H groups in total. The van der Waals surface area contributed by atoms with Crippen LogP contribution >= 0.6 is 0 Å². The van der Waals surface area contributed by atoms with E-state index in [1.807, 2.05) is 0 Å². The quantitative estimate of drug-likeness (QED) is 0.0617. The summed E-state index contributed by atoms with van der Waals surface area (Å²) in [5.41, 5.74) is 1.85. The van der Waals surface area contributed by atoms with Crippen LogP contribution in [0.4, 0.5) is 0 Å². The molecule has 0 spiro atoms. The topological polar surface area (TPSA) is 0 Å². The van der Waals surface area contributed by atoms with E-state index >= 15 is 0 Å². The third-order valence-electron chi connectivity index (χ3n) is 13.8. The first-order valence-corrected chi connectivity index (χ1v) is 27.5. The summed E-state index contributed by atoms with van der Waals surface area (Å²) in [6.07, 6.45) is 30.0. The highest BCUT2D eigenvalue weighted by Crippen LogP contribution is 2.46. The van der Waals surface area contributed by atoms with E-state index in [0.717, 1.165) is 71.0 Å². The zero-order valence-electron chi connectivity index (χ0n) is 47.3. The van der Waals surface area contributed by atoms with Gasteiger partial charge in [0.15, 0.2) is 0 Å². The van der Waals surface area contributed by atoms with E-state index in [9.17, 15) is 0 Å². The molecule has 0 unspecified atom stereocenters. The van der Waals surface area contributed by atoms with Gasteiger partial charge in [0, 0.05) is 0 Å². The van der Waals surface area contributed by atoms with Crippen molar-refractivity contribution in [3.8, 4) is 0 Å². The molecule has 0 amide bonds. The van der Waals surface area contributed by atoms with Gasteiger partial charge in [0.1, 0.15) is 0 Å². The molecule has 0 saturated carbocycles. The van der Waals surface area contributed by atoms with Crippen LogP contribution in [-0.2, 0) is 0 Å². The van der Waals surface area contributed by atoms with Gasteiger partial charge in [-0.3, -0.25) is 0 Å². The Kier molecular flexibility index (Phi) is 37.8. The third-order valence-corrected chi connectivity index (χ3v) is 13.8. The Balaban J connectivity index is -0.000000812. The maximum atomic E-state index is 2.41.